The summed E-state index contributed by atoms with van der Waals surface area (Å²) in [5, 5.41) is 18.1. The number of non-ortho nitro benzene ring substituents is 1. The van der Waals surface area contributed by atoms with Crippen molar-refractivity contribution < 1.29 is 14.1 Å². The molecule has 3 rings (SSSR count). The summed E-state index contributed by atoms with van der Waals surface area (Å²) in [6.07, 6.45) is 0. The number of rotatable bonds is 7. The first kappa shape index (κ1) is 21.8. The maximum atomic E-state index is 12.0. The Morgan fingerprint density at radius 1 is 1.19 bits per heavy atom. The highest BCUT2D eigenvalue weighted by molar-refractivity contribution is 5.86. The van der Waals surface area contributed by atoms with Crippen LogP contribution in [0.5, 0.6) is 0 Å². The Kier molecular flexibility index (Phi) is 6.86. The van der Waals surface area contributed by atoms with Crippen molar-refractivity contribution in [2.45, 2.75) is 19.5 Å². The average molecular weight is 423 g/mol. The largest absolute Gasteiger partial charge is 0.459 e. The van der Waals surface area contributed by atoms with Crippen molar-refractivity contribution in [1.82, 2.24) is 15.5 Å². The number of nitro groups is 1. The van der Waals surface area contributed by atoms with E-state index in [2.05, 4.69) is 15.6 Å². The lowest BCUT2D eigenvalue weighted by Gasteiger charge is -2.18. The minimum absolute atomic E-state index is 0.0271. The minimum atomic E-state index is -0.441. The van der Waals surface area contributed by atoms with Gasteiger partial charge in [-0.05, 0) is 24.6 Å². The molecule has 31 heavy (non-hydrogen) atoms. The van der Waals surface area contributed by atoms with Crippen LogP contribution >= 0.6 is 0 Å². The molecule has 0 bridgehead atoms. The van der Waals surface area contributed by atoms with Crippen molar-refractivity contribution in [3.05, 3.63) is 76.0 Å². The van der Waals surface area contributed by atoms with E-state index in [1.807, 2.05) is 37.3 Å². The zero-order valence-corrected chi connectivity index (χ0v) is 17.7. The lowest BCUT2D eigenvalue weighted by Crippen LogP contribution is -2.43. The summed E-state index contributed by atoms with van der Waals surface area (Å²) in [6, 6.07) is 15.7. The van der Waals surface area contributed by atoms with E-state index in [0.29, 0.717) is 5.96 Å². The number of hydrogen-bond acceptors (Lipinski definition) is 5. The van der Waals surface area contributed by atoms with Gasteiger partial charge in [0.1, 0.15) is 11.3 Å². The van der Waals surface area contributed by atoms with Crippen molar-refractivity contribution >= 4 is 28.5 Å². The number of carbonyl (C=O) groups is 1. The highest BCUT2D eigenvalue weighted by Gasteiger charge is 2.14. The van der Waals surface area contributed by atoms with Crippen molar-refractivity contribution in [1.29, 1.82) is 0 Å². The highest BCUT2D eigenvalue weighted by Crippen LogP contribution is 2.23. The average Bonchev–Trinajstić information content (AvgIpc) is 3.20. The van der Waals surface area contributed by atoms with Gasteiger partial charge in [0, 0.05) is 31.6 Å². The molecule has 0 aliphatic carbocycles. The lowest BCUT2D eigenvalue weighted by molar-refractivity contribution is -0.384. The van der Waals surface area contributed by atoms with E-state index in [4.69, 9.17) is 4.42 Å². The smallest absolute Gasteiger partial charge is 0.269 e. The van der Waals surface area contributed by atoms with Crippen LogP contribution in [0.1, 0.15) is 24.3 Å². The second kappa shape index (κ2) is 9.75. The number of hydrogen-bond donors (Lipinski definition) is 2. The normalized spacial score (nSPS) is 12.4. The molecule has 2 aromatic carbocycles. The van der Waals surface area contributed by atoms with Crippen LogP contribution in [0.4, 0.5) is 5.69 Å². The fourth-order valence-corrected chi connectivity index (χ4v) is 2.86. The van der Waals surface area contributed by atoms with Crippen LogP contribution in [0, 0.1) is 10.1 Å². The van der Waals surface area contributed by atoms with E-state index < -0.39 is 4.92 Å². The highest BCUT2D eigenvalue weighted by atomic mass is 16.6. The van der Waals surface area contributed by atoms with Crippen LogP contribution < -0.4 is 10.6 Å². The monoisotopic (exact) mass is 423 g/mol. The molecule has 0 saturated heterocycles. The molecule has 9 nitrogen and oxygen atoms in total. The lowest BCUT2D eigenvalue weighted by atomic mass is 10.2. The number of aliphatic imine (C=N–C) groups is 1. The van der Waals surface area contributed by atoms with Crippen molar-refractivity contribution in [3.63, 3.8) is 0 Å². The zero-order valence-electron chi connectivity index (χ0n) is 17.7. The molecule has 0 fully saturated rings. The van der Waals surface area contributed by atoms with Crippen LogP contribution in [-0.4, -0.2) is 42.3 Å². The van der Waals surface area contributed by atoms with Gasteiger partial charge in [0.25, 0.3) is 5.69 Å². The molecule has 0 saturated carbocycles. The summed E-state index contributed by atoms with van der Waals surface area (Å²) in [6.45, 7) is 2.30. The van der Waals surface area contributed by atoms with E-state index in [9.17, 15) is 14.9 Å². The third-order valence-electron chi connectivity index (χ3n) is 4.70. The summed E-state index contributed by atoms with van der Waals surface area (Å²) in [5.41, 5.74) is 1.63. The molecule has 0 spiro atoms. The molecular formula is C22H25N5O4. The predicted octanol–water partition coefficient (Wildman–Crippen LogP) is 3.23. The molecule has 3 aromatic rings. The van der Waals surface area contributed by atoms with Crippen LogP contribution in [0.2, 0.25) is 0 Å². The van der Waals surface area contributed by atoms with E-state index in [-0.39, 0.29) is 30.7 Å². The SMILES string of the molecule is CC(NC(=NCc1ccc([N+](=O)[O-])cc1)NCC(=O)N(C)C)c1cc2ccccc2o1. The van der Waals surface area contributed by atoms with Gasteiger partial charge >= 0.3 is 0 Å². The maximum absolute atomic E-state index is 12.0. The fraction of sp³-hybridized carbons (Fsp3) is 0.273. The van der Waals surface area contributed by atoms with Gasteiger partial charge < -0.3 is 20.0 Å². The molecule has 9 heteroatoms. The molecule has 1 heterocycles. The Labute approximate surface area is 179 Å². The summed E-state index contributed by atoms with van der Waals surface area (Å²) >= 11 is 0. The molecular weight excluding hydrogens is 398 g/mol. The Bertz CT molecular complexity index is 1060. The van der Waals surface area contributed by atoms with Crippen molar-refractivity contribution in [3.8, 4) is 0 Å². The van der Waals surface area contributed by atoms with Crippen molar-refractivity contribution in [2.24, 2.45) is 4.99 Å². The molecule has 1 aromatic heterocycles. The van der Waals surface area contributed by atoms with Crippen LogP contribution in [0.3, 0.4) is 0 Å². The number of guanidine groups is 1. The van der Waals surface area contributed by atoms with E-state index in [1.54, 1.807) is 26.2 Å². The summed E-state index contributed by atoms with van der Waals surface area (Å²) in [5.74, 6) is 1.08. The quantitative estimate of drug-likeness (QED) is 0.261. The second-order valence-electron chi connectivity index (χ2n) is 7.28. The first-order chi connectivity index (χ1) is 14.8. The molecule has 0 aliphatic rings. The topological polar surface area (TPSA) is 113 Å². The first-order valence-electron chi connectivity index (χ1n) is 9.80. The number of nitrogens with zero attached hydrogens (tertiary/aromatic N) is 3. The number of benzene rings is 2. The van der Waals surface area contributed by atoms with E-state index in [1.165, 1.54) is 17.0 Å². The van der Waals surface area contributed by atoms with Crippen molar-refractivity contribution in [2.75, 3.05) is 20.6 Å². The third kappa shape index (κ3) is 5.81. The van der Waals surface area contributed by atoms with Gasteiger partial charge in [0.05, 0.1) is 24.1 Å². The summed E-state index contributed by atoms with van der Waals surface area (Å²) in [4.78, 5) is 28.4. The molecule has 162 valence electrons. The van der Waals surface area contributed by atoms with Gasteiger partial charge in [-0.15, -0.1) is 0 Å². The van der Waals surface area contributed by atoms with Crippen LogP contribution in [-0.2, 0) is 11.3 Å². The Morgan fingerprint density at radius 2 is 1.90 bits per heavy atom. The number of fused-ring (bicyclic) bond motifs is 1. The first-order valence-corrected chi connectivity index (χ1v) is 9.80. The molecule has 2 N–H and O–H groups in total. The summed E-state index contributed by atoms with van der Waals surface area (Å²) in [7, 11) is 3.37. The Hall–Kier alpha value is -3.88. The van der Waals surface area contributed by atoms with Crippen LogP contribution in [0.15, 0.2) is 64.0 Å². The fourth-order valence-electron chi connectivity index (χ4n) is 2.86. The maximum Gasteiger partial charge on any atom is 0.269 e. The van der Waals surface area contributed by atoms with Gasteiger partial charge in [-0.2, -0.15) is 0 Å². The van der Waals surface area contributed by atoms with Gasteiger partial charge in [-0.3, -0.25) is 14.9 Å². The second-order valence-corrected chi connectivity index (χ2v) is 7.28. The number of amides is 1. The number of nitro benzene ring substituents is 1. The van der Waals surface area contributed by atoms with Gasteiger partial charge in [0.15, 0.2) is 5.96 Å². The Balaban J connectivity index is 1.74. The molecule has 1 atom stereocenters. The van der Waals surface area contributed by atoms with Gasteiger partial charge in [0.2, 0.25) is 5.91 Å². The number of carbonyl (C=O) groups excluding carboxylic acids is 1. The number of furan rings is 1. The Morgan fingerprint density at radius 3 is 2.55 bits per heavy atom. The predicted molar refractivity (Wildman–Crippen MR) is 119 cm³/mol. The molecule has 0 aliphatic heterocycles. The van der Waals surface area contributed by atoms with E-state index >= 15 is 0 Å². The minimum Gasteiger partial charge on any atom is -0.459 e. The van der Waals surface area contributed by atoms with E-state index in [0.717, 1.165) is 22.3 Å². The number of para-hydroxylation sites is 1. The zero-order chi connectivity index (χ0) is 22.4. The number of nitrogens with one attached hydrogen (secondary N) is 2. The van der Waals surface area contributed by atoms with Gasteiger partial charge in [-0.1, -0.05) is 30.3 Å². The molecule has 1 unspecified atom stereocenters. The van der Waals surface area contributed by atoms with Crippen LogP contribution in [0.25, 0.3) is 11.0 Å². The molecule has 0 radical (unpaired) electrons. The third-order valence-corrected chi connectivity index (χ3v) is 4.70. The van der Waals surface area contributed by atoms with Gasteiger partial charge in [-0.25, -0.2) is 4.99 Å². The number of likely N-dealkylation sites (N-methyl/N-ethyl adjacent to an activating group) is 1. The summed E-state index contributed by atoms with van der Waals surface area (Å²) < 4.78 is 5.91. The molecule has 1 amide bonds. The standard InChI is InChI=1S/C22H25N5O4/c1-15(20-12-17-6-4-5-7-19(17)31-20)25-22(24-14-21(28)26(2)3)23-13-16-8-10-18(11-9-16)27(29)30/h4-12,15H,13-14H2,1-3H3,(H2,23,24,25).